The summed E-state index contributed by atoms with van der Waals surface area (Å²) in [5.74, 6) is 0.214. The van der Waals surface area contributed by atoms with Crippen LogP contribution >= 0.6 is 11.8 Å². The molecule has 2 rings (SSSR count). The minimum absolute atomic E-state index is 0.0145. The molecular weight excluding hydrogens is 303 g/mol. The predicted octanol–water partition coefficient (Wildman–Crippen LogP) is 3.00. The fourth-order valence-corrected chi connectivity index (χ4v) is 3.70. The number of hydrogen-bond donors (Lipinski definition) is 1. The Morgan fingerprint density at radius 1 is 1.41 bits per heavy atom. The van der Waals surface area contributed by atoms with Crippen molar-refractivity contribution in [2.24, 2.45) is 5.92 Å². The van der Waals surface area contributed by atoms with E-state index in [0.29, 0.717) is 29.9 Å². The van der Waals surface area contributed by atoms with Gasteiger partial charge in [-0.1, -0.05) is 13.8 Å². The molecule has 1 heterocycles. The quantitative estimate of drug-likeness (QED) is 0.930. The van der Waals surface area contributed by atoms with Crippen molar-refractivity contribution in [1.29, 1.82) is 0 Å². The van der Waals surface area contributed by atoms with Crippen LogP contribution in [0.1, 0.15) is 31.1 Å². The number of carbonyl (C=O) groups excluding carboxylic acids is 2. The van der Waals surface area contributed by atoms with Crippen molar-refractivity contribution in [2.45, 2.75) is 26.0 Å². The third-order valence-corrected chi connectivity index (χ3v) is 5.18. The first-order valence-corrected chi connectivity index (χ1v) is 8.41. The average molecular weight is 324 g/mol. The summed E-state index contributed by atoms with van der Waals surface area (Å²) in [6.07, 6.45) is 0. The molecule has 1 atom stereocenters. The van der Waals surface area contributed by atoms with Gasteiger partial charge in [-0.15, -0.1) is 0 Å². The smallest absolute Gasteiger partial charge is 0.256 e. The van der Waals surface area contributed by atoms with E-state index in [9.17, 15) is 14.0 Å². The summed E-state index contributed by atoms with van der Waals surface area (Å²) in [7, 11) is 0. The van der Waals surface area contributed by atoms with Crippen LogP contribution in [0.2, 0.25) is 0 Å². The summed E-state index contributed by atoms with van der Waals surface area (Å²) in [6, 6.07) is 4.08. The summed E-state index contributed by atoms with van der Waals surface area (Å²) in [6.45, 7) is 6.88. The Morgan fingerprint density at radius 2 is 2.14 bits per heavy atom. The van der Waals surface area contributed by atoms with Gasteiger partial charge >= 0.3 is 0 Å². The number of halogens is 1. The van der Waals surface area contributed by atoms with E-state index in [-0.39, 0.29) is 17.4 Å². The average Bonchev–Trinajstić information content (AvgIpc) is 2.48. The number of nitrogens with zero attached hydrogens (tertiary/aromatic N) is 1. The molecule has 22 heavy (non-hydrogen) atoms. The molecule has 0 radical (unpaired) electrons. The van der Waals surface area contributed by atoms with Gasteiger partial charge < -0.3 is 10.2 Å². The van der Waals surface area contributed by atoms with Gasteiger partial charge in [-0.25, -0.2) is 4.39 Å². The van der Waals surface area contributed by atoms with E-state index >= 15 is 0 Å². The first-order valence-electron chi connectivity index (χ1n) is 7.36. The van der Waals surface area contributed by atoms with Crippen LogP contribution in [0.4, 0.5) is 10.1 Å². The summed E-state index contributed by atoms with van der Waals surface area (Å²) >= 11 is 1.86. The second-order valence-corrected chi connectivity index (χ2v) is 7.13. The molecule has 1 saturated heterocycles. The maximum absolute atomic E-state index is 14.0. The molecule has 1 N–H and O–H groups in total. The Balaban J connectivity index is 2.19. The van der Waals surface area contributed by atoms with Gasteiger partial charge in [-0.3, -0.25) is 9.59 Å². The summed E-state index contributed by atoms with van der Waals surface area (Å²) < 4.78 is 14.0. The zero-order valence-electron chi connectivity index (χ0n) is 13.1. The SMILES string of the molecule is CC(=O)Nc1ccc(F)c(C(=O)N2CCSC(C(C)C)C2)c1. The molecule has 0 aromatic heterocycles. The van der Waals surface area contributed by atoms with E-state index in [2.05, 4.69) is 19.2 Å². The lowest BCUT2D eigenvalue weighted by Crippen LogP contribution is -2.43. The number of hydrogen-bond acceptors (Lipinski definition) is 3. The molecule has 4 nitrogen and oxygen atoms in total. The van der Waals surface area contributed by atoms with Gasteiger partial charge in [0.15, 0.2) is 0 Å². The zero-order chi connectivity index (χ0) is 16.3. The first kappa shape index (κ1) is 16.8. The highest BCUT2D eigenvalue weighted by Gasteiger charge is 2.28. The van der Waals surface area contributed by atoms with Crippen molar-refractivity contribution < 1.29 is 14.0 Å². The van der Waals surface area contributed by atoms with Crippen molar-refractivity contribution in [3.8, 4) is 0 Å². The molecule has 1 aliphatic rings. The predicted molar refractivity (Wildman–Crippen MR) is 87.7 cm³/mol. The van der Waals surface area contributed by atoms with Crippen LogP contribution in [0, 0.1) is 11.7 Å². The molecule has 1 unspecified atom stereocenters. The summed E-state index contributed by atoms with van der Waals surface area (Å²) in [5.41, 5.74) is 0.449. The fourth-order valence-electron chi connectivity index (χ4n) is 2.40. The zero-order valence-corrected chi connectivity index (χ0v) is 13.9. The van der Waals surface area contributed by atoms with Gasteiger partial charge in [-0.05, 0) is 24.1 Å². The monoisotopic (exact) mass is 324 g/mol. The van der Waals surface area contributed by atoms with E-state index in [1.807, 2.05) is 11.8 Å². The number of carbonyl (C=O) groups is 2. The maximum Gasteiger partial charge on any atom is 0.256 e. The number of benzene rings is 1. The van der Waals surface area contributed by atoms with E-state index in [4.69, 9.17) is 0 Å². The molecule has 120 valence electrons. The summed E-state index contributed by atoms with van der Waals surface area (Å²) in [4.78, 5) is 25.4. The number of nitrogens with one attached hydrogen (secondary N) is 1. The molecule has 1 aromatic rings. The van der Waals surface area contributed by atoms with Crippen LogP contribution in [0.15, 0.2) is 18.2 Å². The molecule has 1 fully saturated rings. The Bertz CT molecular complexity index is 577. The molecule has 0 aliphatic carbocycles. The Morgan fingerprint density at radius 3 is 2.77 bits per heavy atom. The minimum Gasteiger partial charge on any atom is -0.337 e. The molecule has 0 bridgehead atoms. The van der Waals surface area contributed by atoms with E-state index in [0.717, 1.165) is 5.75 Å². The highest BCUT2D eigenvalue weighted by atomic mass is 32.2. The molecule has 2 amide bonds. The van der Waals surface area contributed by atoms with Gasteiger partial charge in [0.05, 0.1) is 5.56 Å². The molecule has 0 spiro atoms. The highest BCUT2D eigenvalue weighted by molar-refractivity contribution is 8.00. The Kier molecular flexibility index (Phi) is 5.45. The molecule has 1 aliphatic heterocycles. The first-order chi connectivity index (χ1) is 10.4. The maximum atomic E-state index is 14.0. The van der Waals surface area contributed by atoms with Gasteiger partial charge in [0.1, 0.15) is 5.82 Å². The standard InChI is InChI=1S/C16H21FN2O2S/c1-10(2)15-9-19(6-7-22-15)16(21)13-8-12(18-11(3)20)4-5-14(13)17/h4-5,8,10,15H,6-7,9H2,1-3H3,(H,18,20). The number of amides is 2. The second-order valence-electron chi connectivity index (χ2n) is 5.78. The fraction of sp³-hybridized carbons (Fsp3) is 0.500. The van der Waals surface area contributed by atoms with Gasteiger partial charge in [0, 0.05) is 36.7 Å². The highest BCUT2D eigenvalue weighted by Crippen LogP contribution is 2.26. The normalized spacial score (nSPS) is 18.4. The second kappa shape index (κ2) is 7.13. The lowest BCUT2D eigenvalue weighted by molar-refractivity contribution is -0.114. The lowest BCUT2D eigenvalue weighted by atomic mass is 10.1. The largest absolute Gasteiger partial charge is 0.337 e. The van der Waals surface area contributed by atoms with Gasteiger partial charge in [0.25, 0.3) is 5.91 Å². The van der Waals surface area contributed by atoms with Crippen molar-refractivity contribution in [1.82, 2.24) is 4.90 Å². The van der Waals surface area contributed by atoms with E-state index < -0.39 is 5.82 Å². The third-order valence-electron chi connectivity index (χ3n) is 3.64. The number of thioether (sulfide) groups is 1. The molecular formula is C16H21FN2O2S. The Hall–Kier alpha value is -1.56. The van der Waals surface area contributed by atoms with Crippen molar-refractivity contribution in [2.75, 3.05) is 24.2 Å². The minimum atomic E-state index is -0.557. The van der Waals surface area contributed by atoms with Gasteiger partial charge in [-0.2, -0.15) is 11.8 Å². The Labute approximate surface area is 134 Å². The van der Waals surface area contributed by atoms with Crippen LogP contribution in [0.5, 0.6) is 0 Å². The topological polar surface area (TPSA) is 49.4 Å². The van der Waals surface area contributed by atoms with E-state index in [1.54, 1.807) is 4.90 Å². The molecule has 6 heteroatoms. The van der Waals surface area contributed by atoms with Crippen molar-refractivity contribution in [3.05, 3.63) is 29.6 Å². The number of rotatable bonds is 3. The van der Waals surface area contributed by atoms with Gasteiger partial charge in [0.2, 0.25) is 5.91 Å². The third kappa shape index (κ3) is 4.00. The van der Waals surface area contributed by atoms with Crippen LogP contribution in [-0.2, 0) is 4.79 Å². The van der Waals surface area contributed by atoms with Crippen LogP contribution in [0.25, 0.3) is 0 Å². The summed E-state index contributed by atoms with van der Waals surface area (Å²) in [5, 5.41) is 2.95. The lowest BCUT2D eigenvalue weighted by Gasteiger charge is -2.34. The molecule has 1 aromatic carbocycles. The van der Waals surface area contributed by atoms with Crippen LogP contribution in [0.3, 0.4) is 0 Å². The van der Waals surface area contributed by atoms with Crippen LogP contribution < -0.4 is 5.32 Å². The van der Waals surface area contributed by atoms with Crippen LogP contribution in [-0.4, -0.2) is 40.8 Å². The van der Waals surface area contributed by atoms with E-state index in [1.165, 1.54) is 25.1 Å². The number of anilines is 1. The van der Waals surface area contributed by atoms with Crippen molar-refractivity contribution >= 4 is 29.3 Å². The van der Waals surface area contributed by atoms with Crippen molar-refractivity contribution in [3.63, 3.8) is 0 Å². The molecule has 0 saturated carbocycles.